The molecule has 124 valence electrons. The van der Waals surface area contributed by atoms with Gasteiger partial charge in [-0.3, -0.25) is 9.59 Å². The predicted octanol–water partition coefficient (Wildman–Crippen LogP) is 2.98. The molecule has 0 spiro atoms. The first-order chi connectivity index (χ1) is 11.4. The molecule has 0 aliphatic carbocycles. The molecule has 0 radical (unpaired) electrons. The summed E-state index contributed by atoms with van der Waals surface area (Å²) in [4.78, 5) is 26.2. The first-order valence-corrected chi connectivity index (χ1v) is 7.88. The number of amides is 2. The van der Waals surface area contributed by atoms with E-state index in [9.17, 15) is 14.0 Å². The number of benzene rings is 2. The van der Waals surface area contributed by atoms with Gasteiger partial charge < -0.3 is 10.2 Å². The minimum atomic E-state index is -0.386. The van der Waals surface area contributed by atoms with E-state index in [1.54, 1.807) is 4.90 Å². The maximum atomic E-state index is 12.9. The van der Waals surface area contributed by atoms with Gasteiger partial charge in [-0.15, -0.1) is 0 Å². The maximum Gasteiger partial charge on any atom is 0.251 e. The zero-order valence-corrected chi connectivity index (χ0v) is 13.7. The van der Waals surface area contributed by atoms with Crippen LogP contribution in [0.2, 0.25) is 0 Å². The van der Waals surface area contributed by atoms with E-state index in [4.69, 9.17) is 0 Å². The highest BCUT2D eigenvalue weighted by Crippen LogP contribution is 2.24. The molecule has 1 fully saturated rings. The number of nitrogens with zero attached hydrogens (tertiary/aromatic N) is 1. The molecular weight excluding hydrogens is 307 g/mol. The molecule has 2 aromatic rings. The molecule has 1 saturated heterocycles. The fraction of sp³-hybridized carbons (Fsp3) is 0.263. The van der Waals surface area contributed by atoms with Crippen LogP contribution in [0.4, 0.5) is 10.1 Å². The molecule has 2 amide bonds. The number of hydrogen-bond acceptors (Lipinski definition) is 2. The lowest BCUT2D eigenvalue weighted by atomic mass is 10.1. The van der Waals surface area contributed by atoms with Gasteiger partial charge in [-0.25, -0.2) is 4.39 Å². The average molecular weight is 326 g/mol. The summed E-state index contributed by atoms with van der Waals surface area (Å²) in [6.07, 6.45) is 0.264. The van der Waals surface area contributed by atoms with E-state index in [0.29, 0.717) is 12.1 Å². The summed E-state index contributed by atoms with van der Waals surface area (Å²) < 4.78 is 12.9. The van der Waals surface area contributed by atoms with Crippen molar-refractivity contribution in [3.05, 3.63) is 65.0 Å². The van der Waals surface area contributed by atoms with Crippen molar-refractivity contribution in [3.63, 3.8) is 0 Å². The Bertz CT molecular complexity index is 786. The molecule has 1 N–H and O–H groups in total. The summed E-state index contributed by atoms with van der Waals surface area (Å²) in [5.74, 6) is -0.694. The van der Waals surface area contributed by atoms with Crippen LogP contribution >= 0.6 is 0 Å². The molecule has 1 heterocycles. The summed E-state index contributed by atoms with van der Waals surface area (Å²) in [5.41, 5.74) is 3.53. The predicted molar refractivity (Wildman–Crippen MR) is 90.5 cm³/mol. The first-order valence-electron chi connectivity index (χ1n) is 7.88. The summed E-state index contributed by atoms with van der Waals surface area (Å²) in [6.45, 7) is 4.47. The zero-order valence-electron chi connectivity index (χ0n) is 13.7. The molecule has 5 heteroatoms. The lowest BCUT2D eigenvalue weighted by Crippen LogP contribution is -2.37. The van der Waals surface area contributed by atoms with Crippen molar-refractivity contribution in [2.75, 3.05) is 11.4 Å². The van der Waals surface area contributed by atoms with Crippen LogP contribution in [-0.4, -0.2) is 24.4 Å². The van der Waals surface area contributed by atoms with E-state index < -0.39 is 0 Å². The third-order valence-electron chi connectivity index (χ3n) is 4.37. The number of rotatable bonds is 3. The highest BCUT2D eigenvalue weighted by molar-refractivity contribution is 5.99. The summed E-state index contributed by atoms with van der Waals surface area (Å²) in [6, 6.07) is 11.0. The van der Waals surface area contributed by atoms with Crippen LogP contribution in [0.1, 0.15) is 27.9 Å². The average Bonchev–Trinajstić information content (AvgIpc) is 2.91. The number of aryl methyl sites for hydroxylation is 2. The van der Waals surface area contributed by atoms with E-state index >= 15 is 0 Å². The van der Waals surface area contributed by atoms with Crippen molar-refractivity contribution < 1.29 is 14.0 Å². The van der Waals surface area contributed by atoms with Crippen molar-refractivity contribution in [1.29, 1.82) is 0 Å². The Morgan fingerprint density at radius 1 is 1.12 bits per heavy atom. The van der Waals surface area contributed by atoms with Crippen LogP contribution in [0.3, 0.4) is 0 Å². The number of halogens is 1. The number of nitrogens with one attached hydrogen (secondary N) is 1. The number of carbonyl (C=O) groups excluding carboxylic acids is 2. The Kier molecular flexibility index (Phi) is 4.34. The molecule has 0 saturated carbocycles. The normalized spacial score (nSPS) is 17.2. The Balaban J connectivity index is 1.69. The second-order valence-electron chi connectivity index (χ2n) is 6.15. The summed E-state index contributed by atoms with van der Waals surface area (Å²) in [5, 5.41) is 2.85. The van der Waals surface area contributed by atoms with Crippen LogP contribution in [0.15, 0.2) is 42.5 Å². The van der Waals surface area contributed by atoms with Gasteiger partial charge in [-0.2, -0.15) is 0 Å². The van der Waals surface area contributed by atoms with Crippen molar-refractivity contribution in [2.45, 2.75) is 26.3 Å². The standard InChI is InChI=1S/C19H19FN2O2/c1-12-3-8-17(9-13(12)2)22-11-16(10-18(22)23)21-19(24)14-4-6-15(20)7-5-14/h3-9,16H,10-11H2,1-2H3,(H,21,24)/t16-/m0/s1. The fourth-order valence-corrected chi connectivity index (χ4v) is 2.82. The van der Waals surface area contributed by atoms with Gasteiger partial charge in [-0.1, -0.05) is 6.07 Å². The van der Waals surface area contributed by atoms with Crippen LogP contribution < -0.4 is 10.2 Å². The van der Waals surface area contributed by atoms with Gasteiger partial charge in [0.1, 0.15) is 5.82 Å². The van der Waals surface area contributed by atoms with E-state index in [2.05, 4.69) is 5.32 Å². The molecule has 24 heavy (non-hydrogen) atoms. The highest BCUT2D eigenvalue weighted by Gasteiger charge is 2.31. The Labute approximate surface area is 140 Å². The Morgan fingerprint density at radius 3 is 2.50 bits per heavy atom. The minimum Gasteiger partial charge on any atom is -0.347 e. The quantitative estimate of drug-likeness (QED) is 0.943. The monoisotopic (exact) mass is 326 g/mol. The van der Waals surface area contributed by atoms with E-state index in [0.717, 1.165) is 11.3 Å². The maximum absolute atomic E-state index is 12.9. The lowest BCUT2D eigenvalue weighted by Gasteiger charge is -2.18. The Morgan fingerprint density at radius 2 is 1.83 bits per heavy atom. The molecule has 0 bridgehead atoms. The molecule has 3 rings (SSSR count). The van der Waals surface area contributed by atoms with E-state index in [1.165, 1.54) is 29.8 Å². The largest absolute Gasteiger partial charge is 0.347 e. The van der Waals surface area contributed by atoms with Gasteiger partial charge >= 0.3 is 0 Å². The highest BCUT2D eigenvalue weighted by atomic mass is 19.1. The third-order valence-corrected chi connectivity index (χ3v) is 4.37. The minimum absolute atomic E-state index is 0.0114. The molecule has 1 aliphatic rings. The van der Waals surface area contributed by atoms with Crippen molar-refractivity contribution >= 4 is 17.5 Å². The second-order valence-corrected chi connectivity index (χ2v) is 6.15. The lowest BCUT2D eigenvalue weighted by molar-refractivity contribution is -0.117. The van der Waals surface area contributed by atoms with Crippen molar-refractivity contribution in [2.24, 2.45) is 0 Å². The summed E-state index contributed by atoms with van der Waals surface area (Å²) >= 11 is 0. The molecule has 4 nitrogen and oxygen atoms in total. The van der Waals surface area contributed by atoms with Gasteiger partial charge in [0.25, 0.3) is 5.91 Å². The van der Waals surface area contributed by atoms with Gasteiger partial charge in [0.05, 0.1) is 6.04 Å². The second kappa shape index (κ2) is 6.43. The topological polar surface area (TPSA) is 49.4 Å². The number of carbonyl (C=O) groups is 2. The number of anilines is 1. The van der Waals surface area contributed by atoms with Gasteiger partial charge in [0.2, 0.25) is 5.91 Å². The molecule has 0 aromatic heterocycles. The Hall–Kier alpha value is -2.69. The smallest absolute Gasteiger partial charge is 0.251 e. The van der Waals surface area contributed by atoms with Crippen LogP contribution in [0, 0.1) is 19.7 Å². The van der Waals surface area contributed by atoms with Crippen LogP contribution in [-0.2, 0) is 4.79 Å². The van der Waals surface area contributed by atoms with Gasteiger partial charge in [-0.05, 0) is 61.4 Å². The fourth-order valence-electron chi connectivity index (χ4n) is 2.82. The molecule has 1 aliphatic heterocycles. The van der Waals surface area contributed by atoms with Gasteiger partial charge in [0, 0.05) is 24.2 Å². The molecule has 2 aromatic carbocycles. The third kappa shape index (κ3) is 3.30. The molecule has 1 atom stereocenters. The van der Waals surface area contributed by atoms with E-state index in [-0.39, 0.29) is 30.1 Å². The van der Waals surface area contributed by atoms with Crippen molar-refractivity contribution in [1.82, 2.24) is 5.32 Å². The molecular formula is C19H19FN2O2. The van der Waals surface area contributed by atoms with Gasteiger partial charge in [0.15, 0.2) is 0 Å². The number of hydrogen-bond donors (Lipinski definition) is 1. The van der Waals surface area contributed by atoms with Crippen LogP contribution in [0.5, 0.6) is 0 Å². The van der Waals surface area contributed by atoms with Crippen LogP contribution in [0.25, 0.3) is 0 Å². The SMILES string of the molecule is Cc1ccc(N2C[C@@H](NC(=O)c3ccc(F)cc3)CC2=O)cc1C. The first kappa shape index (κ1) is 16.2. The summed E-state index contributed by atoms with van der Waals surface area (Å²) in [7, 11) is 0. The van der Waals surface area contributed by atoms with E-state index in [1.807, 2.05) is 32.0 Å². The molecule has 0 unspecified atom stereocenters. The van der Waals surface area contributed by atoms with Crippen molar-refractivity contribution in [3.8, 4) is 0 Å². The zero-order chi connectivity index (χ0) is 17.3.